The molecule has 1 heterocycles. The minimum absolute atomic E-state index is 0.0278. The Kier molecular flexibility index (Phi) is 5.00. The van der Waals surface area contributed by atoms with E-state index in [2.05, 4.69) is 5.32 Å². The Bertz CT molecular complexity index is 575. The van der Waals surface area contributed by atoms with Crippen molar-refractivity contribution >= 4 is 23.3 Å². The molecule has 0 aromatic heterocycles. The summed E-state index contributed by atoms with van der Waals surface area (Å²) in [6.07, 6.45) is 0.774. The summed E-state index contributed by atoms with van der Waals surface area (Å²) in [5.41, 5.74) is 0.993. The second-order valence-corrected chi connectivity index (χ2v) is 5.80. The molecule has 120 valence electrons. The highest BCUT2D eigenvalue weighted by Gasteiger charge is 2.32. The number of benzene rings is 1. The number of ether oxygens (including phenoxy) is 1. The number of esters is 1. The number of anilines is 2. The zero-order valence-corrected chi connectivity index (χ0v) is 13.1. The van der Waals surface area contributed by atoms with Crippen LogP contribution in [0.4, 0.5) is 15.8 Å². The molecule has 0 radical (unpaired) electrons. The van der Waals surface area contributed by atoms with Crippen LogP contribution in [0.5, 0.6) is 0 Å². The molecular weight excluding hydrogens is 287 g/mol. The maximum Gasteiger partial charge on any atom is 0.328 e. The second-order valence-electron chi connectivity index (χ2n) is 5.80. The molecule has 1 unspecified atom stereocenters. The van der Waals surface area contributed by atoms with Gasteiger partial charge in [0.1, 0.15) is 11.9 Å². The van der Waals surface area contributed by atoms with Crippen molar-refractivity contribution < 1.29 is 18.7 Å². The van der Waals surface area contributed by atoms with E-state index in [-0.39, 0.29) is 12.5 Å². The van der Waals surface area contributed by atoms with Gasteiger partial charge in [0.05, 0.1) is 24.5 Å². The van der Waals surface area contributed by atoms with Crippen molar-refractivity contribution in [3.05, 3.63) is 24.0 Å². The fraction of sp³-hybridized carbons (Fsp3) is 0.500. The normalized spacial score (nSPS) is 15.3. The van der Waals surface area contributed by atoms with Crippen molar-refractivity contribution in [2.75, 3.05) is 23.4 Å². The number of halogens is 1. The first-order valence-electron chi connectivity index (χ1n) is 7.42. The SMILES string of the molecule is CC(C)CCOC(=O)C(C)N1C(=O)CNc2cc(F)ccc21. The lowest BCUT2D eigenvalue weighted by Gasteiger charge is -2.33. The molecule has 1 aromatic carbocycles. The van der Waals surface area contributed by atoms with Crippen LogP contribution >= 0.6 is 0 Å². The van der Waals surface area contributed by atoms with Crippen LogP contribution in [0.25, 0.3) is 0 Å². The number of nitrogens with one attached hydrogen (secondary N) is 1. The molecule has 0 bridgehead atoms. The van der Waals surface area contributed by atoms with Gasteiger partial charge in [0.2, 0.25) is 5.91 Å². The molecule has 6 heteroatoms. The maximum atomic E-state index is 13.3. The Balaban J connectivity index is 2.13. The van der Waals surface area contributed by atoms with Gasteiger partial charge in [0.25, 0.3) is 0 Å². The number of hydrogen-bond donors (Lipinski definition) is 1. The van der Waals surface area contributed by atoms with Gasteiger partial charge in [-0.2, -0.15) is 0 Å². The molecule has 2 rings (SSSR count). The van der Waals surface area contributed by atoms with Gasteiger partial charge in [-0.15, -0.1) is 0 Å². The molecule has 0 saturated carbocycles. The van der Waals surface area contributed by atoms with E-state index in [1.807, 2.05) is 13.8 Å². The van der Waals surface area contributed by atoms with E-state index in [9.17, 15) is 14.0 Å². The first kappa shape index (κ1) is 16.3. The number of nitrogens with zero attached hydrogens (tertiary/aromatic N) is 1. The summed E-state index contributed by atoms with van der Waals surface area (Å²) in [7, 11) is 0. The minimum atomic E-state index is -0.744. The lowest BCUT2D eigenvalue weighted by molar-refractivity contribution is -0.146. The lowest BCUT2D eigenvalue weighted by Crippen LogP contribution is -2.49. The summed E-state index contributed by atoms with van der Waals surface area (Å²) in [5.74, 6) is -0.654. The molecule has 1 amide bonds. The predicted molar refractivity (Wildman–Crippen MR) is 82.3 cm³/mol. The zero-order chi connectivity index (χ0) is 16.3. The van der Waals surface area contributed by atoms with Crippen LogP contribution in [0.2, 0.25) is 0 Å². The summed E-state index contributed by atoms with van der Waals surface area (Å²) >= 11 is 0. The summed E-state index contributed by atoms with van der Waals surface area (Å²) in [6.45, 7) is 6.06. The largest absolute Gasteiger partial charge is 0.464 e. The molecule has 1 aromatic rings. The fourth-order valence-corrected chi connectivity index (χ4v) is 2.30. The van der Waals surface area contributed by atoms with Crippen LogP contribution < -0.4 is 10.2 Å². The third-order valence-corrected chi connectivity index (χ3v) is 3.58. The number of rotatable bonds is 5. The van der Waals surface area contributed by atoms with Crippen LogP contribution in [0.1, 0.15) is 27.2 Å². The minimum Gasteiger partial charge on any atom is -0.464 e. The summed E-state index contributed by atoms with van der Waals surface area (Å²) in [4.78, 5) is 25.6. The van der Waals surface area contributed by atoms with Gasteiger partial charge in [-0.3, -0.25) is 9.69 Å². The Labute approximate surface area is 129 Å². The first-order valence-corrected chi connectivity index (χ1v) is 7.42. The van der Waals surface area contributed by atoms with E-state index in [0.29, 0.717) is 23.9 Å². The van der Waals surface area contributed by atoms with Crippen LogP contribution in [0, 0.1) is 11.7 Å². The van der Waals surface area contributed by atoms with Crippen LogP contribution in [0.15, 0.2) is 18.2 Å². The summed E-state index contributed by atoms with van der Waals surface area (Å²) < 4.78 is 18.5. The molecule has 0 fully saturated rings. The van der Waals surface area contributed by atoms with Crippen molar-refractivity contribution in [2.45, 2.75) is 33.2 Å². The maximum absolute atomic E-state index is 13.3. The number of carbonyl (C=O) groups is 2. The van der Waals surface area contributed by atoms with Gasteiger partial charge in [-0.25, -0.2) is 9.18 Å². The Morgan fingerprint density at radius 1 is 1.41 bits per heavy atom. The van der Waals surface area contributed by atoms with Gasteiger partial charge in [-0.1, -0.05) is 13.8 Å². The Morgan fingerprint density at radius 3 is 2.82 bits per heavy atom. The molecule has 5 nitrogen and oxygen atoms in total. The average Bonchev–Trinajstić information content (AvgIpc) is 2.46. The van der Waals surface area contributed by atoms with Gasteiger partial charge >= 0.3 is 5.97 Å². The molecule has 0 aliphatic carbocycles. The van der Waals surface area contributed by atoms with Gasteiger partial charge in [-0.05, 0) is 37.5 Å². The Hall–Kier alpha value is -2.11. The average molecular weight is 308 g/mol. The standard InChI is InChI=1S/C16H21FN2O3/c1-10(2)6-7-22-16(21)11(3)19-14-5-4-12(17)8-13(14)18-9-15(19)20/h4-5,8,10-11,18H,6-7,9H2,1-3H3. The summed E-state index contributed by atoms with van der Waals surface area (Å²) in [5, 5.41) is 2.85. The first-order chi connectivity index (χ1) is 10.4. The number of amides is 1. The second kappa shape index (κ2) is 6.77. The van der Waals surface area contributed by atoms with Crippen molar-refractivity contribution in [3.63, 3.8) is 0 Å². The van der Waals surface area contributed by atoms with Crippen LogP contribution in [0.3, 0.4) is 0 Å². The van der Waals surface area contributed by atoms with Crippen LogP contribution in [-0.2, 0) is 14.3 Å². The van der Waals surface area contributed by atoms with E-state index in [1.165, 1.54) is 23.1 Å². The molecule has 1 atom stereocenters. The molecule has 0 saturated heterocycles. The van der Waals surface area contributed by atoms with Crippen molar-refractivity contribution in [1.82, 2.24) is 0 Å². The van der Waals surface area contributed by atoms with Crippen molar-refractivity contribution in [1.29, 1.82) is 0 Å². The number of carbonyl (C=O) groups excluding carboxylic acids is 2. The highest BCUT2D eigenvalue weighted by molar-refractivity contribution is 6.06. The predicted octanol–water partition coefficient (Wildman–Crippen LogP) is 2.56. The van der Waals surface area contributed by atoms with Gasteiger partial charge < -0.3 is 10.1 Å². The van der Waals surface area contributed by atoms with Crippen molar-refractivity contribution in [3.8, 4) is 0 Å². The summed E-state index contributed by atoms with van der Waals surface area (Å²) in [6, 6.07) is 3.33. The molecule has 1 aliphatic heterocycles. The molecule has 22 heavy (non-hydrogen) atoms. The van der Waals surface area contributed by atoms with E-state index in [1.54, 1.807) is 6.92 Å². The van der Waals surface area contributed by atoms with E-state index in [4.69, 9.17) is 4.74 Å². The van der Waals surface area contributed by atoms with E-state index in [0.717, 1.165) is 6.42 Å². The van der Waals surface area contributed by atoms with E-state index < -0.39 is 17.8 Å². The number of fused-ring (bicyclic) bond motifs is 1. The van der Waals surface area contributed by atoms with Crippen molar-refractivity contribution in [2.24, 2.45) is 5.92 Å². The van der Waals surface area contributed by atoms with Gasteiger partial charge in [0.15, 0.2) is 0 Å². The highest BCUT2D eigenvalue weighted by Crippen LogP contribution is 2.31. The lowest BCUT2D eigenvalue weighted by atomic mass is 10.1. The quantitative estimate of drug-likeness (QED) is 0.849. The monoisotopic (exact) mass is 308 g/mol. The van der Waals surface area contributed by atoms with Gasteiger partial charge in [0, 0.05) is 0 Å². The highest BCUT2D eigenvalue weighted by atomic mass is 19.1. The number of hydrogen-bond acceptors (Lipinski definition) is 4. The molecule has 0 spiro atoms. The molecular formula is C16H21FN2O3. The molecule has 1 aliphatic rings. The third-order valence-electron chi connectivity index (χ3n) is 3.58. The van der Waals surface area contributed by atoms with Crippen LogP contribution in [-0.4, -0.2) is 31.1 Å². The zero-order valence-electron chi connectivity index (χ0n) is 13.1. The topological polar surface area (TPSA) is 58.6 Å². The Morgan fingerprint density at radius 2 is 2.14 bits per heavy atom. The fourth-order valence-electron chi connectivity index (χ4n) is 2.30. The third kappa shape index (κ3) is 3.55. The smallest absolute Gasteiger partial charge is 0.328 e. The molecule has 1 N–H and O–H groups in total. The van der Waals surface area contributed by atoms with E-state index >= 15 is 0 Å².